The Bertz CT molecular complexity index is 1030. The lowest BCUT2D eigenvalue weighted by Crippen LogP contribution is -2.23. The molecule has 4 rings (SSSR count). The number of aromatic nitrogens is 1. The molecule has 144 valence electrons. The molecule has 0 spiro atoms. The minimum absolute atomic E-state index is 0.109. The molecule has 1 saturated carbocycles. The molecule has 0 aliphatic heterocycles. The van der Waals surface area contributed by atoms with Crippen molar-refractivity contribution in [3.8, 4) is 16.9 Å². The zero-order chi connectivity index (χ0) is 19.8. The van der Waals surface area contributed by atoms with Crippen molar-refractivity contribution in [2.24, 2.45) is 0 Å². The number of para-hydroxylation sites is 1. The van der Waals surface area contributed by atoms with Gasteiger partial charge in [-0.05, 0) is 47.7 Å². The number of rotatable bonds is 6. The molecule has 3 aromatic rings. The lowest BCUT2D eigenvalue weighted by molar-refractivity contribution is 0.0166. The van der Waals surface area contributed by atoms with Crippen molar-refractivity contribution in [3.63, 3.8) is 0 Å². The predicted molar refractivity (Wildman–Crippen MR) is 105 cm³/mol. The maximum Gasteiger partial charge on any atom is 0.276 e. The number of hydrogen-bond donors (Lipinski definition) is 1. The third kappa shape index (κ3) is 3.57. The average Bonchev–Trinajstić information content (AvgIpc) is 3.47. The molecule has 1 aliphatic rings. The summed E-state index contributed by atoms with van der Waals surface area (Å²) in [7, 11) is 0. The molecule has 0 atom stereocenters. The molecule has 0 radical (unpaired) electrons. The fraction of sp³-hybridized carbons (Fsp3) is 0.261. The fourth-order valence-corrected chi connectivity index (χ4v) is 3.58. The number of halogens is 2. The molecule has 1 aliphatic carbocycles. The monoisotopic (exact) mass is 381 g/mol. The number of benzene rings is 2. The smallest absolute Gasteiger partial charge is 0.276 e. The lowest BCUT2D eigenvalue weighted by atomic mass is 9.91. The topological polar surface area (TPSA) is 42.1 Å². The number of alkyl halides is 2. The maximum absolute atomic E-state index is 14.1. The molecule has 5 heteroatoms. The molecule has 0 saturated heterocycles. The Hall–Kier alpha value is -2.95. The summed E-state index contributed by atoms with van der Waals surface area (Å²) >= 11 is 0. The van der Waals surface area contributed by atoms with Gasteiger partial charge in [-0.25, -0.2) is 8.78 Å². The summed E-state index contributed by atoms with van der Waals surface area (Å²) in [6.07, 6.45) is 3.37. The second kappa shape index (κ2) is 6.89. The summed E-state index contributed by atoms with van der Waals surface area (Å²) in [4.78, 5) is 14.4. The number of nitrogens with one attached hydrogen (secondary N) is 1. The number of hydrogen-bond acceptors (Lipinski definition) is 2. The standard InChI is InChI=1S/C23H21F2NO2/c1-22(24,25)20-19(10-13-26-21(20)27)16-6-5-7-17(14-16)23(11-12-23)15-28-18-8-3-2-4-9-18/h2-10,13-14H,11-12,15H2,1H3,(H,26,27). The summed E-state index contributed by atoms with van der Waals surface area (Å²) in [5.74, 6) is -2.42. The van der Waals surface area contributed by atoms with E-state index in [-0.39, 0.29) is 11.0 Å². The van der Waals surface area contributed by atoms with Crippen molar-refractivity contribution < 1.29 is 13.5 Å². The fourth-order valence-electron chi connectivity index (χ4n) is 3.58. The highest BCUT2D eigenvalue weighted by Crippen LogP contribution is 2.49. The van der Waals surface area contributed by atoms with Gasteiger partial charge in [0, 0.05) is 18.5 Å². The van der Waals surface area contributed by atoms with Gasteiger partial charge in [-0.2, -0.15) is 0 Å². The molecule has 28 heavy (non-hydrogen) atoms. The molecule has 3 nitrogen and oxygen atoms in total. The van der Waals surface area contributed by atoms with Gasteiger partial charge < -0.3 is 9.72 Å². The van der Waals surface area contributed by atoms with Crippen LogP contribution in [0.15, 0.2) is 71.7 Å². The van der Waals surface area contributed by atoms with Crippen LogP contribution in [0.2, 0.25) is 0 Å². The third-order valence-corrected chi connectivity index (χ3v) is 5.30. The molecule has 2 aromatic carbocycles. The maximum atomic E-state index is 14.1. The summed E-state index contributed by atoms with van der Waals surface area (Å²) in [5, 5.41) is 0. The van der Waals surface area contributed by atoms with Gasteiger partial charge in [-0.3, -0.25) is 4.79 Å². The van der Waals surface area contributed by atoms with Crippen LogP contribution in [-0.2, 0) is 11.3 Å². The summed E-state index contributed by atoms with van der Waals surface area (Å²) in [5.41, 5.74) is 0.555. The minimum Gasteiger partial charge on any atom is -0.493 e. The molecule has 0 unspecified atom stereocenters. The van der Waals surface area contributed by atoms with E-state index in [0.717, 1.165) is 31.1 Å². The third-order valence-electron chi connectivity index (χ3n) is 5.30. The van der Waals surface area contributed by atoms with Crippen LogP contribution in [0.3, 0.4) is 0 Å². The Balaban J connectivity index is 1.66. The highest BCUT2D eigenvalue weighted by atomic mass is 19.3. The van der Waals surface area contributed by atoms with E-state index in [9.17, 15) is 13.6 Å². The lowest BCUT2D eigenvalue weighted by Gasteiger charge is -2.19. The Morgan fingerprint density at radius 1 is 1.07 bits per heavy atom. The van der Waals surface area contributed by atoms with E-state index >= 15 is 0 Å². The second-order valence-corrected chi connectivity index (χ2v) is 7.45. The van der Waals surface area contributed by atoms with Crippen molar-refractivity contribution in [2.75, 3.05) is 6.61 Å². The van der Waals surface area contributed by atoms with E-state index in [2.05, 4.69) is 4.98 Å². The molecule has 0 bridgehead atoms. The first-order chi connectivity index (χ1) is 13.4. The Labute approximate surface area is 162 Å². The Morgan fingerprint density at radius 2 is 1.82 bits per heavy atom. The van der Waals surface area contributed by atoms with Gasteiger partial charge in [0.2, 0.25) is 0 Å². The first-order valence-electron chi connectivity index (χ1n) is 9.28. The summed E-state index contributed by atoms with van der Waals surface area (Å²) in [6, 6.07) is 18.7. The molecule has 1 heterocycles. The Kier molecular flexibility index (Phi) is 4.53. The van der Waals surface area contributed by atoms with E-state index in [1.54, 1.807) is 6.07 Å². The first kappa shape index (κ1) is 18.4. The van der Waals surface area contributed by atoms with Gasteiger partial charge in [-0.1, -0.05) is 42.5 Å². The van der Waals surface area contributed by atoms with Crippen molar-refractivity contribution >= 4 is 0 Å². The van der Waals surface area contributed by atoms with Gasteiger partial charge in [0.05, 0.1) is 12.2 Å². The van der Waals surface area contributed by atoms with Crippen LogP contribution in [0, 0.1) is 0 Å². The number of H-pyrrole nitrogens is 1. The van der Waals surface area contributed by atoms with Gasteiger partial charge in [0.25, 0.3) is 11.5 Å². The molecule has 1 aromatic heterocycles. The van der Waals surface area contributed by atoms with Crippen LogP contribution < -0.4 is 10.3 Å². The largest absolute Gasteiger partial charge is 0.493 e. The van der Waals surface area contributed by atoms with Crippen molar-refractivity contribution in [1.82, 2.24) is 4.98 Å². The normalized spacial score (nSPS) is 15.2. The van der Waals surface area contributed by atoms with Crippen molar-refractivity contribution in [2.45, 2.75) is 31.1 Å². The van der Waals surface area contributed by atoms with Crippen LogP contribution in [0.25, 0.3) is 11.1 Å². The van der Waals surface area contributed by atoms with Crippen LogP contribution in [0.1, 0.15) is 30.9 Å². The molecular formula is C23H21F2NO2. The zero-order valence-electron chi connectivity index (χ0n) is 15.5. The van der Waals surface area contributed by atoms with E-state index in [0.29, 0.717) is 12.2 Å². The summed E-state index contributed by atoms with van der Waals surface area (Å²) < 4.78 is 34.1. The number of aromatic amines is 1. The second-order valence-electron chi connectivity index (χ2n) is 7.45. The van der Waals surface area contributed by atoms with E-state index in [4.69, 9.17) is 4.74 Å². The first-order valence-corrected chi connectivity index (χ1v) is 9.28. The quantitative estimate of drug-likeness (QED) is 0.632. The zero-order valence-corrected chi connectivity index (χ0v) is 15.5. The number of ether oxygens (including phenoxy) is 1. The highest BCUT2D eigenvalue weighted by molar-refractivity contribution is 5.68. The molecule has 1 N–H and O–H groups in total. The predicted octanol–water partition coefficient (Wildman–Crippen LogP) is 5.26. The van der Waals surface area contributed by atoms with Gasteiger partial charge in [-0.15, -0.1) is 0 Å². The van der Waals surface area contributed by atoms with Crippen LogP contribution >= 0.6 is 0 Å². The van der Waals surface area contributed by atoms with Crippen molar-refractivity contribution in [1.29, 1.82) is 0 Å². The molecular weight excluding hydrogens is 360 g/mol. The average molecular weight is 381 g/mol. The summed E-state index contributed by atoms with van der Waals surface area (Å²) in [6.45, 7) is 1.29. The highest BCUT2D eigenvalue weighted by Gasteiger charge is 2.45. The molecule has 0 amide bonds. The van der Waals surface area contributed by atoms with Gasteiger partial charge in [0.1, 0.15) is 5.75 Å². The van der Waals surface area contributed by atoms with Crippen LogP contribution in [0.5, 0.6) is 5.75 Å². The molecule has 1 fully saturated rings. The SMILES string of the molecule is CC(F)(F)c1c(-c2cccc(C3(COc4ccccc4)CC3)c2)cc[nH]c1=O. The van der Waals surface area contributed by atoms with E-state index in [1.165, 1.54) is 12.3 Å². The van der Waals surface area contributed by atoms with Crippen molar-refractivity contribution in [3.05, 3.63) is 88.3 Å². The Morgan fingerprint density at radius 3 is 2.50 bits per heavy atom. The van der Waals surface area contributed by atoms with Gasteiger partial charge >= 0.3 is 0 Å². The van der Waals surface area contributed by atoms with Gasteiger partial charge in [0.15, 0.2) is 0 Å². The number of pyridine rings is 1. The van der Waals surface area contributed by atoms with Crippen LogP contribution in [0.4, 0.5) is 8.78 Å². The van der Waals surface area contributed by atoms with E-state index in [1.807, 2.05) is 48.5 Å². The van der Waals surface area contributed by atoms with Crippen LogP contribution in [-0.4, -0.2) is 11.6 Å². The minimum atomic E-state index is -3.23. The van der Waals surface area contributed by atoms with E-state index < -0.39 is 17.0 Å².